The van der Waals surface area contributed by atoms with Crippen LogP contribution in [-0.2, 0) is 0 Å². The molecule has 1 aliphatic heterocycles. The highest BCUT2D eigenvalue weighted by molar-refractivity contribution is 5.99. The maximum atomic E-state index is 5.65. The summed E-state index contributed by atoms with van der Waals surface area (Å²) in [5.74, 6) is 1.65. The molecule has 0 aliphatic carbocycles. The minimum atomic E-state index is 0.805. The quantitative estimate of drug-likeness (QED) is 0.231. The third kappa shape index (κ3) is 6.68. The van der Waals surface area contributed by atoms with Crippen LogP contribution in [0.5, 0.6) is 11.5 Å². The number of allylic oxidation sites excluding steroid dienone is 2. The van der Waals surface area contributed by atoms with E-state index in [4.69, 9.17) is 14.5 Å². The van der Waals surface area contributed by atoms with Gasteiger partial charge in [0, 0.05) is 22.7 Å². The van der Waals surface area contributed by atoms with Gasteiger partial charge in [0.15, 0.2) is 0 Å². The molecule has 0 bridgehead atoms. The zero-order valence-electron chi connectivity index (χ0n) is 21.5. The lowest BCUT2D eigenvalue weighted by molar-refractivity contribution is 0.414. The van der Waals surface area contributed by atoms with E-state index < -0.39 is 0 Å². The predicted octanol–water partition coefficient (Wildman–Crippen LogP) is 8.45. The van der Waals surface area contributed by atoms with E-state index in [1.54, 1.807) is 14.2 Å². The molecule has 0 amide bonds. The van der Waals surface area contributed by atoms with Gasteiger partial charge in [0.1, 0.15) is 11.5 Å². The molecular formula is C30H39N3O2. The zero-order valence-corrected chi connectivity index (χ0v) is 21.5. The number of unbranched alkanes of at least 4 members (excludes halogenated alkanes) is 8. The Labute approximate surface area is 209 Å². The number of H-pyrrole nitrogens is 2. The van der Waals surface area contributed by atoms with Crippen LogP contribution in [0.3, 0.4) is 0 Å². The van der Waals surface area contributed by atoms with Crippen LogP contribution in [0.25, 0.3) is 28.4 Å². The fraction of sp³-hybridized carbons (Fsp3) is 0.433. The molecule has 5 nitrogen and oxygen atoms in total. The average molecular weight is 474 g/mol. The lowest BCUT2D eigenvalue weighted by Crippen LogP contribution is -1.90. The van der Waals surface area contributed by atoms with Crippen molar-refractivity contribution in [1.82, 2.24) is 9.97 Å². The number of aromatic nitrogens is 2. The predicted molar refractivity (Wildman–Crippen MR) is 148 cm³/mol. The highest BCUT2D eigenvalue weighted by Crippen LogP contribution is 2.32. The van der Waals surface area contributed by atoms with E-state index in [0.717, 1.165) is 51.6 Å². The number of hydrogen-bond acceptors (Lipinski definition) is 3. The highest BCUT2D eigenvalue weighted by atomic mass is 16.5. The standard InChI is InChI=1S/C30H39N3O2/c1-4-5-6-7-8-9-10-11-12-13-23-14-15-24(31-23)20-29-30(35-3)21-28(33-29)27-19-22-18-25(34-2)16-17-26(22)32-27/h14-21,32-33H,4-13H2,1-3H3. The first-order chi connectivity index (χ1) is 17.2. The molecule has 1 aromatic carbocycles. The molecule has 0 saturated heterocycles. The molecule has 0 saturated carbocycles. The van der Waals surface area contributed by atoms with Gasteiger partial charge < -0.3 is 19.4 Å². The fourth-order valence-electron chi connectivity index (χ4n) is 4.66. The number of hydrogen-bond donors (Lipinski definition) is 2. The smallest absolute Gasteiger partial charge is 0.144 e. The molecule has 0 unspecified atom stereocenters. The number of benzene rings is 1. The van der Waals surface area contributed by atoms with Gasteiger partial charge in [-0.15, -0.1) is 0 Å². The minimum absolute atomic E-state index is 0.805. The van der Waals surface area contributed by atoms with E-state index in [1.807, 2.05) is 24.3 Å². The number of nitrogens with zero attached hydrogens (tertiary/aromatic N) is 1. The van der Waals surface area contributed by atoms with Crippen molar-refractivity contribution in [2.45, 2.75) is 71.1 Å². The zero-order chi connectivity index (χ0) is 24.5. The van der Waals surface area contributed by atoms with E-state index in [1.165, 1.54) is 63.5 Å². The molecule has 2 aromatic heterocycles. The molecule has 4 rings (SSSR count). The van der Waals surface area contributed by atoms with Crippen LogP contribution in [-0.4, -0.2) is 29.9 Å². The van der Waals surface area contributed by atoms with Crippen molar-refractivity contribution < 1.29 is 9.47 Å². The Balaban J connectivity index is 1.34. The number of aliphatic imine (C=N–C) groups is 1. The second kappa shape index (κ2) is 12.5. The summed E-state index contributed by atoms with van der Waals surface area (Å²) in [6.07, 6.45) is 19.5. The van der Waals surface area contributed by atoms with Crippen LogP contribution < -0.4 is 9.47 Å². The number of ether oxygens (including phenoxy) is 2. The molecule has 2 N–H and O–H groups in total. The van der Waals surface area contributed by atoms with Crippen LogP contribution in [0.4, 0.5) is 0 Å². The lowest BCUT2D eigenvalue weighted by atomic mass is 10.1. The Morgan fingerprint density at radius 2 is 1.54 bits per heavy atom. The van der Waals surface area contributed by atoms with Gasteiger partial charge in [0.05, 0.1) is 37.0 Å². The minimum Gasteiger partial charge on any atom is -0.497 e. The SMILES string of the molecule is CCCCCCCCCCCC1=NC(=Cc2[nH]c(-c3cc4cc(OC)ccc4[nH]3)cc2OC)C=C1. The van der Waals surface area contributed by atoms with Crippen molar-refractivity contribution in [2.24, 2.45) is 4.99 Å². The Morgan fingerprint density at radius 3 is 2.29 bits per heavy atom. The van der Waals surface area contributed by atoms with Crippen LogP contribution in [0.1, 0.15) is 76.8 Å². The Hall–Kier alpha value is -3.21. The number of fused-ring (bicyclic) bond motifs is 1. The maximum Gasteiger partial charge on any atom is 0.144 e. The number of nitrogens with one attached hydrogen (secondary N) is 2. The topological polar surface area (TPSA) is 62.4 Å². The van der Waals surface area contributed by atoms with Gasteiger partial charge in [-0.2, -0.15) is 0 Å². The van der Waals surface area contributed by atoms with Crippen molar-refractivity contribution in [3.63, 3.8) is 0 Å². The highest BCUT2D eigenvalue weighted by Gasteiger charge is 2.13. The van der Waals surface area contributed by atoms with E-state index in [0.29, 0.717) is 0 Å². The fourth-order valence-corrected chi connectivity index (χ4v) is 4.66. The largest absolute Gasteiger partial charge is 0.497 e. The monoisotopic (exact) mass is 473 g/mol. The summed E-state index contributed by atoms with van der Waals surface area (Å²) in [6.45, 7) is 2.27. The van der Waals surface area contributed by atoms with Crippen LogP contribution >= 0.6 is 0 Å². The normalized spacial score (nSPS) is 14.3. The first kappa shape index (κ1) is 24.9. The third-order valence-corrected chi connectivity index (χ3v) is 6.70. The van der Waals surface area contributed by atoms with Crippen molar-refractivity contribution >= 4 is 22.7 Å². The van der Waals surface area contributed by atoms with Crippen LogP contribution in [0.15, 0.2) is 53.2 Å². The van der Waals surface area contributed by atoms with E-state index in [-0.39, 0.29) is 0 Å². The molecule has 186 valence electrons. The molecule has 3 heterocycles. The van der Waals surface area contributed by atoms with Gasteiger partial charge in [-0.1, -0.05) is 58.3 Å². The number of aromatic amines is 2. The van der Waals surface area contributed by atoms with Gasteiger partial charge in [-0.3, -0.25) is 4.99 Å². The first-order valence-corrected chi connectivity index (χ1v) is 13.1. The van der Waals surface area contributed by atoms with Crippen molar-refractivity contribution in [3.05, 3.63) is 53.9 Å². The van der Waals surface area contributed by atoms with Crippen molar-refractivity contribution in [2.75, 3.05) is 14.2 Å². The van der Waals surface area contributed by atoms with Gasteiger partial charge in [0.2, 0.25) is 0 Å². The lowest BCUT2D eigenvalue weighted by Gasteiger charge is -2.02. The van der Waals surface area contributed by atoms with Crippen molar-refractivity contribution in [3.8, 4) is 22.9 Å². The summed E-state index contributed by atoms with van der Waals surface area (Å²) < 4.78 is 11.0. The molecule has 3 aromatic rings. The Kier molecular flexibility index (Phi) is 8.88. The summed E-state index contributed by atoms with van der Waals surface area (Å²) in [7, 11) is 3.39. The number of methoxy groups -OCH3 is 2. The first-order valence-electron chi connectivity index (χ1n) is 13.1. The van der Waals surface area contributed by atoms with Gasteiger partial charge in [0.25, 0.3) is 0 Å². The summed E-state index contributed by atoms with van der Waals surface area (Å²) >= 11 is 0. The summed E-state index contributed by atoms with van der Waals surface area (Å²) in [6, 6.07) is 10.2. The Bertz CT molecular complexity index is 1200. The van der Waals surface area contributed by atoms with E-state index in [9.17, 15) is 0 Å². The molecule has 1 aliphatic rings. The molecule has 0 radical (unpaired) electrons. The molecular weight excluding hydrogens is 434 g/mol. The third-order valence-electron chi connectivity index (χ3n) is 6.70. The molecule has 0 atom stereocenters. The second-order valence-corrected chi connectivity index (χ2v) is 9.39. The molecule has 0 fully saturated rings. The number of rotatable bonds is 14. The van der Waals surface area contributed by atoms with Gasteiger partial charge in [-0.25, -0.2) is 0 Å². The van der Waals surface area contributed by atoms with Gasteiger partial charge in [-0.05, 0) is 55.3 Å². The second-order valence-electron chi connectivity index (χ2n) is 9.39. The van der Waals surface area contributed by atoms with Gasteiger partial charge >= 0.3 is 0 Å². The average Bonchev–Trinajstić information content (AvgIpc) is 3.60. The molecule has 5 heteroatoms. The van der Waals surface area contributed by atoms with Crippen LogP contribution in [0, 0.1) is 0 Å². The summed E-state index contributed by atoms with van der Waals surface area (Å²) in [5, 5.41) is 1.11. The summed E-state index contributed by atoms with van der Waals surface area (Å²) in [5.41, 5.74) is 6.11. The van der Waals surface area contributed by atoms with Crippen molar-refractivity contribution in [1.29, 1.82) is 0 Å². The maximum absolute atomic E-state index is 5.65. The molecule has 35 heavy (non-hydrogen) atoms. The van der Waals surface area contributed by atoms with E-state index in [2.05, 4.69) is 41.2 Å². The molecule has 0 spiro atoms. The summed E-state index contributed by atoms with van der Waals surface area (Å²) in [4.78, 5) is 11.8. The van der Waals surface area contributed by atoms with E-state index >= 15 is 0 Å². The Morgan fingerprint density at radius 1 is 0.800 bits per heavy atom. The van der Waals surface area contributed by atoms with Crippen LogP contribution in [0.2, 0.25) is 0 Å².